The molecule has 2 aliphatic carbocycles. The molecule has 0 spiro atoms. The highest BCUT2D eigenvalue weighted by molar-refractivity contribution is 7.85. The van der Waals surface area contributed by atoms with Crippen LogP contribution in [0.25, 0.3) is 11.1 Å². The van der Waals surface area contributed by atoms with Gasteiger partial charge in [-0.1, -0.05) is 12.1 Å². The van der Waals surface area contributed by atoms with Crippen molar-refractivity contribution < 1.29 is 17.5 Å². The maximum atomic E-state index is 12.5. The van der Waals surface area contributed by atoms with Gasteiger partial charge in [0.05, 0.1) is 0 Å². The normalized spacial score (nSPS) is 19.4. The first-order valence-electron chi connectivity index (χ1n) is 10.8. The van der Waals surface area contributed by atoms with Gasteiger partial charge in [0.2, 0.25) is 22.5 Å². The lowest BCUT2D eigenvalue weighted by Crippen LogP contribution is -2.43. The Labute approximate surface area is 195 Å². The second-order valence-electron chi connectivity index (χ2n) is 8.75. The number of rotatable bonds is 2. The lowest BCUT2D eigenvalue weighted by Gasteiger charge is -2.30. The minimum atomic E-state index is -2.29. The lowest BCUT2D eigenvalue weighted by molar-refractivity contribution is 0.565. The maximum absolute atomic E-state index is 12.5. The first-order chi connectivity index (χ1) is 14.9. The maximum Gasteiger partial charge on any atom is 0.585 e. The van der Waals surface area contributed by atoms with E-state index in [4.69, 9.17) is 0 Å². The first kappa shape index (κ1) is 21.6. The third-order valence-electron chi connectivity index (χ3n) is 6.86. The zero-order valence-corrected chi connectivity index (χ0v) is 20.6. The molecule has 2 N–H and O–H groups in total. The molecular formula is C22H26AlN2O4S2. The fraction of sp³-hybridized carbons (Fsp3) is 0.455. The molecule has 1 radical (unpaired) electrons. The Morgan fingerprint density at radius 3 is 1.52 bits per heavy atom. The average Bonchev–Trinajstić information content (AvgIpc) is 2.90. The summed E-state index contributed by atoms with van der Waals surface area (Å²) in [6.45, 7) is 4.00. The zero-order valence-electron chi connectivity index (χ0n) is 17.8. The van der Waals surface area contributed by atoms with Crippen molar-refractivity contribution in [1.29, 1.82) is 0 Å². The number of nitrogens with zero attached hydrogens (tertiary/aromatic N) is 2. The molecule has 6 nitrogen and oxygen atoms in total. The fourth-order valence-corrected chi connectivity index (χ4v) is 8.90. The first-order valence-corrected chi connectivity index (χ1v) is 14.0. The van der Waals surface area contributed by atoms with Crippen LogP contribution in [0.3, 0.4) is 0 Å². The minimum Gasteiger partial charge on any atom is -0.344 e. The van der Waals surface area contributed by atoms with E-state index in [2.05, 4.69) is 12.1 Å². The van der Waals surface area contributed by atoms with Gasteiger partial charge < -0.3 is 6.58 Å². The van der Waals surface area contributed by atoms with Crippen molar-refractivity contribution >= 4 is 49.6 Å². The Hall–Kier alpha value is -1.21. The van der Waals surface area contributed by atoms with E-state index < -0.39 is 38.2 Å². The molecule has 5 rings (SSSR count). The summed E-state index contributed by atoms with van der Waals surface area (Å²) < 4.78 is 48.5. The Morgan fingerprint density at radius 1 is 0.742 bits per heavy atom. The molecule has 2 aromatic rings. The quantitative estimate of drug-likeness (QED) is 0.507. The van der Waals surface area contributed by atoms with Gasteiger partial charge in [-0.05, 0) is 98.6 Å². The van der Waals surface area contributed by atoms with Crippen LogP contribution in [0.1, 0.15) is 59.1 Å². The van der Waals surface area contributed by atoms with Gasteiger partial charge in [-0.3, -0.25) is 9.11 Å². The molecule has 0 aromatic heterocycles. The number of anilines is 2. The summed E-state index contributed by atoms with van der Waals surface area (Å²) >= 11 is -5.66. The van der Waals surface area contributed by atoms with E-state index in [1.807, 2.05) is 13.8 Å². The molecule has 2 aromatic carbocycles. The Morgan fingerprint density at radius 2 is 1.13 bits per heavy atom. The molecule has 2 unspecified atom stereocenters. The molecule has 9 heteroatoms. The molecule has 1 aliphatic heterocycles. The van der Waals surface area contributed by atoms with Gasteiger partial charge in [0.25, 0.3) is 0 Å². The topological polar surface area (TPSA) is 81.1 Å². The highest BCUT2D eigenvalue weighted by Crippen LogP contribution is 2.51. The minimum absolute atomic E-state index is 0.768. The number of hydrogen-bond acceptors (Lipinski definition) is 2. The van der Waals surface area contributed by atoms with Crippen LogP contribution >= 0.6 is 0 Å². The highest BCUT2D eigenvalue weighted by Gasteiger charge is 2.38. The van der Waals surface area contributed by atoms with Crippen LogP contribution in [-0.2, 0) is 48.2 Å². The van der Waals surface area contributed by atoms with Crippen LogP contribution in [0.4, 0.5) is 11.4 Å². The molecule has 0 bridgehead atoms. The number of fused-ring (bicyclic) bond motifs is 7. The van der Waals surface area contributed by atoms with Crippen LogP contribution in [0.5, 0.6) is 0 Å². The Balaban J connectivity index is 1.96. The van der Waals surface area contributed by atoms with E-state index >= 15 is 0 Å². The standard InChI is InChI=1S/C22H26N2O4S2.Al/c1-13-11-15-7-3-5-9-17(15)19(21(13)23-29(25)26)20-18-10-6-4-8-16(18)12-14(2)22(20)24-30(27)28;/h11-12H,3-10H2,1-2H3,(H,25,26)(H,27,28);/q-2;+2. The summed E-state index contributed by atoms with van der Waals surface area (Å²) in [7, 11) is 0. The SMILES string of the molecule is Cc1cc2c(c3c1[N](S(=O)O)[Al][N](S(=O)O)c1c(C)cc4c(c1-3)CCCC4)CCCC2. The lowest BCUT2D eigenvalue weighted by atomic mass is 9.78. The molecule has 0 saturated carbocycles. The summed E-state index contributed by atoms with van der Waals surface area (Å²) in [6, 6.07) is 4.33. The Bertz CT molecular complexity index is 1050. The number of hydrogen-bond donors (Lipinski definition) is 2. The van der Waals surface area contributed by atoms with E-state index in [1.54, 1.807) is 0 Å². The van der Waals surface area contributed by atoms with Gasteiger partial charge in [0.15, 0.2) is 0 Å². The zero-order chi connectivity index (χ0) is 21.9. The summed E-state index contributed by atoms with van der Waals surface area (Å²) in [5, 5.41) is 0. The van der Waals surface area contributed by atoms with Gasteiger partial charge in [0, 0.05) is 22.5 Å². The van der Waals surface area contributed by atoms with E-state index in [-0.39, 0.29) is 0 Å². The van der Waals surface area contributed by atoms with Crippen LogP contribution in [-0.4, -0.2) is 33.2 Å². The molecule has 163 valence electrons. The third-order valence-corrected chi connectivity index (χ3v) is 10.5. The second kappa shape index (κ2) is 8.29. The van der Waals surface area contributed by atoms with E-state index in [1.165, 1.54) is 28.8 Å². The molecule has 0 saturated heterocycles. The van der Waals surface area contributed by atoms with Gasteiger partial charge in [-0.2, -0.15) is 0 Å². The fourth-order valence-electron chi connectivity index (χ4n) is 5.64. The van der Waals surface area contributed by atoms with E-state index in [9.17, 15) is 17.5 Å². The molecule has 2 atom stereocenters. The third kappa shape index (κ3) is 3.50. The van der Waals surface area contributed by atoms with E-state index in [0.717, 1.165) is 85.0 Å². The van der Waals surface area contributed by atoms with Crippen molar-refractivity contribution in [1.82, 2.24) is 0 Å². The van der Waals surface area contributed by atoms with Gasteiger partial charge in [-0.15, -0.1) is 0 Å². The van der Waals surface area contributed by atoms with Crippen LogP contribution in [0.15, 0.2) is 12.1 Å². The monoisotopic (exact) mass is 473 g/mol. The molecule has 1 heterocycles. The van der Waals surface area contributed by atoms with E-state index in [0.29, 0.717) is 0 Å². The summed E-state index contributed by atoms with van der Waals surface area (Å²) in [4.78, 5) is 0. The van der Waals surface area contributed by atoms with Crippen molar-refractivity contribution in [2.45, 2.75) is 65.2 Å². The van der Waals surface area contributed by atoms with Gasteiger partial charge in [-0.25, -0.2) is 8.42 Å². The number of aryl methyl sites for hydroxylation is 4. The van der Waals surface area contributed by atoms with Crippen molar-refractivity contribution in [3.63, 3.8) is 0 Å². The number of benzene rings is 2. The van der Waals surface area contributed by atoms with Crippen molar-refractivity contribution in [3.8, 4) is 11.1 Å². The van der Waals surface area contributed by atoms with Crippen LogP contribution in [0, 0.1) is 13.8 Å². The van der Waals surface area contributed by atoms with Crippen molar-refractivity contribution in [2.75, 3.05) is 6.58 Å². The summed E-state index contributed by atoms with van der Waals surface area (Å²) in [5.74, 6) is 0. The van der Waals surface area contributed by atoms with Gasteiger partial charge in [0.1, 0.15) is 0 Å². The van der Waals surface area contributed by atoms with Gasteiger partial charge >= 0.3 is 15.7 Å². The predicted octanol–water partition coefficient (Wildman–Crippen LogP) is 4.16. The average molecular weight is 474 g/mol. The molecule has 3 aliphatic rings. The molecule has 31 heavy (non-hydrogen) atoms. The Kier molecular flexibility index (Phi) is 5.78. The summed E-state index contributed by atoms with van der Waals surface area (Å²) in [5.41, 5.74) is 10.7. The van der Waals surface area contributed by atoms with Crippen molar-refractivity contribution in [3.05, 3.63) is 45.5 Å². The highest BCUT2D eigenvalue weighted by atomic mass is 32.2. The smallest absolute Gasteiger partial charge is 0.344 e. The van der Waals surface area contributed by atoms with Crippen LogP contribution in [0.2, 0.25) is 0 Å². The second-order valence-corrected chi connectivity index (χ2v) is 12.5. The van der Waals surface area contributed by atoms with Crippen LogP contribution < -0.4 is 6.58 Å². The molecular weight excluding hydrogens is 447 g/mol. The predicted molar refractivity (Wildman–Crippen MR) is 127 cm³/mol. The van der Waals surface area contributed by atoms with Crippen molar-refractivity contribution in [2.24, 2.45) is 0 Å². The largest absolute Gasteiger partial charge is 0.585 e. The molecule has 0 amide bonds. The summed E-state index contributed by atoms with van der Waals surface area (Å²) in [6.07, 6.45) is 8.38. The molecule has 0 fully saturated rings.